The SMILES string of the molecule is CN1CCN(c2cc(Nc3ccc(F)cc3)ncn2)CC1. The fourth-order valence-corrected chi connectivity index (χ4v) is 2.30. The average molecular weight is 287 g/mol. The van der Waals surface area contributed by atoms with Gasteiger partial charge in [0.25, 0.3) is 0 Å². The maximum absolute atomic E-state index is 12.9. The first-order valence-electron chi connectivity index (χ1n) is 6.99. The molecule has 1 N–H and O–H groups in total. The highest BCUT2D eigenvalue weighted by Crippen LogP contribution is 2.19. The van der Waals surface area contributed by atoms with Gasteiger partial charge in [-0.15, -0.1) is 0 Å². The zero-order chi connectivity index (χ0) is 14.7. The summed E-state index contributed by atoms with van der Waals surface area (Å²) in [6, 6.07) is 8.14. The standard InChI is InChI=1S/C15H18FN5/c1-20-6-8-21(9-7-20)15-10-14(17-11-18-15)19-13-4-2-12(16)3-5-13/h2-5,10-11H,6-9H2,1H3,(H,17,18,19). The summed E-state index contributed by atoms with van der Waals surface area (Å²) in [4.78, 5) is 13.1. The van der Waals surface area contributed by atoms with E-state index in [1.165, 1.54) is 12.1 Å². The van der Waals surface area contributed by atoms with Crippen molar-refractivity contribution < 1.29 is 4.39 Å². The van der Waals surface area contributed by atoms with Crippen molar-refractivity contribution in [3.63, 3.8) is 0 Å². The minimum Gasteiger partial charge on any atom is -0.354 e. The Morgan fingerprint density at radius 1 is 1.05 bits per heavy atom. The summed E-state index contributed by atoms with van der Waals surface area (Å²) in [6.07, 6.45) is 1.56. The van der Waals surface area contributed by atoms with Crippen molar-refractivity contribution >= 4 is 17.3 Å². The molecule has 6 heteroatoms. The number of nitrogens with one attached hydrogen (secondary N) is 1. The number of hydrogen-bond donors (Lipinski definition) is 1. The fourth-order valence-electron chi connectivity index (χ4n) is 2.30. The Morgan fingerprint density at radius 3 is 2.48 bits per heavy atom. The van der Waals surface area contributed by atoms with Gasteiger partial charge in [-0.2, -0.15) is 0 Å². The first-order chi connectivity index (χ1) is 10.2. The van der Waals surface area contributed by atoms with Gasteiger partial charge in [-0.1, -0.05) is 0 Å². The summed E-state index contributed by atoms with van der Waals surface area (Å²) in [7, 11) is 2.12. The van der Waals surface area contributed by atoms with Gasteiger partial charge in [-0.25, -0.2) is 14.4 Å². The smallest absolute Gasteiger partial charge is 0.135 e. The van der Waals surface area contributed by atoms with E-state index >= 15 is 0 Å². The molecule has 0 spiro atoms. The summed E-state index contributed by atoms with van der Waals surface area (Å²) in [6.45, 7) is 3.99. The second-order valence-electron chi connectivity index (χ2n) is 5.18. The van der Waals surface area contributed by atoms with Gasteiger partial charge in [-0.05, 0) is 31.3 Å². The third-order valence-corrected chi connectivity index (χ3v) is 3.60. The summed E-state index contributed by atoms with van der Waals surface area (Å²) in [5, 5.41) is 3.16. The quantitative estimate of drug-likeness (QED) is 0.936. The number of hydrogen-bond acceptors (Lipinski definition) is 5. The van der Waals surface area contributed by atoms with Crippen molar-refractivity contribution in [1.29, 1.82) is 0 Å². The van der Waals surface area contributed by atoms with E-state index in [-0.39, 0.29) is 5.82 Å². The second kappa shape index (κ2) is 6.05. The van der Waals surface area contributed by atoms with E-state index in [2.05, 4.69) is 32.1 Å². The van der Waals surface area contributed by atoms with Crippen LogP contribution < -0.4 is 10.2 Å². The van der Waals surface area contributed by atoms with Gasteiger partial charge in [0, 0.05) is 37.9 Å². The molecule has 1 fully saturated rings. The van der Waals surface area contributed by atoms with Crippen LogP contribution in [0, 0.1) is 5.82 Å². The molecule has 1 aromatic heterocycles. The van der Waals surface area contributed by atoms with Gasteiger partial charge in [0.05, 0.1) is 0 Å². The molecule has 0 radical (unpaired) electrons. The van der Waals surface area contributed by atoms with E-state index in [4.69, 9.17) is 0 Å². The number of halogens is 1. The van der Waals surface area contributed by atoms with Crippen molar-refractivity contribution in [3.05, 3.63) is 42.5 Å². The van der Waals surface area contributed by atoms with Gasteiger partial charge >= 0.3 is 0 Å². The molecule has 2 aromatic rings. The Kier molecular flexibility index (Phi) is 3.96. The molecule has 3 rings (SSSR count). The van der Waals surface area contributed by atoms with Crippen LogP contribution >= 0.6 is 0 Å². The molecule has 0 saturated carbocycles. The van der Waals surface area contributed by atoms with E-state index in [1.54, 1.807) is 18.5 Å². The lowest BCUT2D eigenvalue weighted by Gasteiger charge is -2.33. The van der Waals surface area contributed by atoms with E-state index in [0.29, 0.717) is 5.82 Å². The molecular weight excluding hydrogens is 269 g/mol. The van der Waals surface area contributed by atoms with Crippen LogP contribution in [-0.4, -0.2) is 48.1 Å². The number of aromatic nitrogens is 2. The van der Waals surface area contributed by atoms with Crippen molar-refractivity contribution in [2.45, 2.75) is 0 Å². The lowest BCUT2D eigenvalue weighted by molar-refractivity contribution is 0.312. The topological polar surface area (TPSA) is 44.3 Å². The zero-order valence-corrected chi connectivity index (χ0v) is 12.0. The van der Waals surface area contributed by atoms with Crippen molar-refractivity contribution in [1.82, 2.24) is 14.9 Å². The van der Waals surface area contributed by atoms with E-state index < -0.39 is 0 Å². The minimum atomic E-state index is -0.249. The molecule has 0 bridgehead atoms. The number of rotatable bonds is 3. The normalized spacial score (nSPS) is 16.0. The van der Waals surface area contributed by atoms with Crippen LogP contribution in [0.3, 0.4) is 0 Å². The summed E-state index contributed by atoms with van der Waals surface area (Å²) in [5.74, 6) is 1.38. The van der Waals surface area contributed by atoms with Crippen molar-refractivity contribution in [2.75, 3.05) is 43.4 Å². The highest BCUT2D eigenvalue weighted by atomic mass is 19.1. The molecule has 0 unspecified atom stereocenters. The first-order valence-corrected chi connectivity index (χ1v) is 6.99. The first kappa shape index (κ1) is 13.8. The molecule has 1 aliphatic rings. The lowest BCUT2D eigenvalue weighted by atomic mass is 10.3. The predicted molar refractivity (Wildman–Crippen MR) is 81.4 cm³/mol. The molecule has 0 amide bonds. The summed E-state index contributed by atoms with van der Waals surface area (Å²) in [5.41, 5.74) is 0.805. The zero-order valence-electron chi connectivity index (χ0n) is 12.0. The second-order valence-corrected chi connectivity index (χ2v) is 5.18. The van der Waals surface area contributed by atoms with Crippen molar-refractivity contribution in [3.8, 4) is 0 Å². The number of piperazine rings is 1. The maximum Gasteiger partial charge on any atom is 0.135 e. The largest absolute Gasteiger partial charge is 0.354 e. The lowest BCUT2D eigenvalue weighted by Crippen LogP contribution is -2.44. The van der Waals surface area contributed by atoms with Crippen LogP contribution in [0.15, 0.2) is 36.7 Å². The highest BCUT2D eigenvalue weighted by Gasteiger charge is 2.15. The molecule has 2 heterocycles. The van der Waals surface area contributed by atoms with Gasteiger partial charge in [0.2, 0.25) is 0 Å². The van der Waals surface area contributed by atoms with Crippen LogP contribution in [0.2, 0.25) is 0 Å². The maximum atomic E-state index is 12.9. The number of anilines is 3. The van der Waals surface area contributed by atoms with Crippen LogP contribution in [0.25, 0.3) is 0 Å². The molecule has 0 aliphatic carbocycles. The van der Waals surface area contributed by atoms with E-state index in [0.717, 1.165) is 37.7 Å². The molecule has 5 nitrogen and oxygen atoms in total. The van der Waals surface area contributed by atoms with Gasteiger partial charge in [0.15, 0.2) is 0 Å². The number of nitrogens with zero attached hydrogens (tertiary/aromatic N) is 4. The molecule has 1 aromatic carbocycles. The van der Waals surface area contributed by atoms with Gasteiger partial charge in [0.1, 0.15) is 23.8 Å². The predicted octanol–water partition coefficient (Wildman–Crippen LogP) is 2.11. The Labute approximate surface area is 123 Å². The molecule has 1 aliphatic heterocycles. The highest BCUT2D eigenvalue weighted by molar-refractivity contribution is 5.59. The van der Waals surface area contributed by atoms with Crippen molar-refractivity contribution in [2.24, 2.45) is 0 Å². The molecule has 1 saturated heterocycles. The third-order valence-electron chi connectivity index (χ3n) is 3.60. The van der Waals surface area contributed by atoms with Crippen LogP contribution in [0.1, 0.15) is 0 Å². The molecular formula is C15H18FN5. The van der Waals surface area contributed by atoms with Crippen LogP contribution in [0.4, 0.5) is 21.7 Å². The Balaban J connectivity index is 1.72. The monoisotopic (exact) mass is 287 g/mol. The minimum absolute atomic E-state index is 0.249. The van der Waals surface area contributed by atoms with Crippen LogP contribution in [0.5, 0.6) is 0 Å². The van der Waals surface area contributed by atoms with E-state index in [9.17, 15) is 4.39 Å². The van der Waals surface area contributed by atoms with Gasteiger partial charge < -0.3 is 15.1 Å². The molecule has 110 valence electrons. The molecule has 21 heavy (non-hydrogen) atoms. The molecule has 0 atom stereocenters. The third kappa shape index (κ3) is 3.46. The summed E-state index contributed by atoms with van der Waals surface area (Å²) >= 11 is 0. The van der Waals surface area contributed by atoms with Crippen LogP contribution in [-0.2, 0) is 0 Å². The Hall–Kier alpha value is -2.21. The number of benzene rings is 1. The summed E-state index contributed by atoms with van der Waals surface area (Å²) < 4.78 is 12.9. The van der Waals surface area contributed by atoms with E-state index in [1.807, 2.05) is 6.07 Å². The fraction of sp³-hybridized carbons (Fsp3) is 0.333. The van der Waals surface area contributed by atoms with Gasteiger partial charge in [-0.3, -0.25) is 0 Å². The average Bonchev–Trinajstić information content (AvgIpc) is 2.51. The number of likely N-dealkylation sites (N-methyl/N-ethyl adjacent to an activating group) is 1. The Morgan fingerprint density at radius 2 is 1.76 bits per heavy atom. The Bertz CT molecular complexity index is 593.